The molecule has 23 heavy (non-hydrogen) atoms. The summed E-state index contributed by atoms with van der Waals surface area (Å²) in [4.78, 5) is 18.5. The van der Waals surface area contributed by atoms with Crippen LogP contribution in [0, 0.1) is 11.3 Å². The Labute approximate surface area is 139 Å². The van der Waals surface area contributed by atoms with Crippen LogP contribution in [0.1, 0.15) is 22.4 Å². The molecule has 1 saturated heterocycles. The van der Waals surface area contributed by atoms with Gasteiger partial charge < -0.3 is 4.90 Å². The van der Waals surface area contributed by atoms with Crippen LogP contribution in [0.5, 0.6) is 0 Å². The van der Waals surface area contributed by atoms with Crippen LogP contribution in [0.4, 0.5) is 5.69 Å². The van der Waals surface area contributed by atoms with E-state index in [-0.39, 0.29) is 11.9 Å². The number of carbonyl (C=O) groups excluding carboxylic acids is 1. The van der Waals surface area contributed by atoms with Crippen LogP contribution >= 0.6 is 11.3 Å². The van der Waals surface area contributed by atoms with E-state index in [1.165, 1.54) is 10.4 Å². The van der Waals surface area contributed by atoms with E-state index in [1.54, 1.807) is 12.1 Å². The number of nitriles is 1. The van der Waals surface area contributed by atoms with Crippen molar-refractivity contribution in [3.8, 4) is 6.07 Å². The summed E-state index contributed by atoms with van der Waals surface area (Å²) >= 11 is 1.82. The number of hydrogen-bond acceptors (Lipinski definition) is 4. The maximum Gasteiger partial charge on any atom is 0.244 e. The van der Waals surface area contributed by atoms with E-state index in [1.807, 2.05) is 28.4 Å². The first-order chi connectivity index (χ1) is 11.3. The predicted molar refractivity (Wildman–Crippen MR) is 90.3 cm³/mol. The second-order valence-corrected chi connectivity index (χ2v) is 7.04. The Morgan fingerprint density at radius 2 is 2.00 bits per heavy atom. The van der Waals surface area contributed by atoms with Gasteiger partial charge in [-0.3, -0.25) is 9.69 Å². The van der Waals surface area contributed by atoms with Crippen molar-refractivity contribution < 1.29 is 4.79 Å². The van der Waals surface area contributed by atoms with E-state index >= 15 is 0 Å². The van der Waals surface area contributed by atoms with Gasteiger partial charge in [0.05, 0.1) is 17.7 Å². The van der Waals surface area contributed by atoms with Gasteiger partial charge in [-0.2, -0.15) is 5.26 Å². The summed E-state index contributed by atoms with van der Waals surface area (Å²) in [6, 6.07) is 11.6. The van der Waals surface area contributed by atoms with Crippen LogP contribution in [-0.4, -0.2) is 29.9 Å². The molecule has 1 aromatic carbocycles. The van der Waals surface area contributed by atoms with Crippen molar-refractivity contribution in [2.45, 2.75) is 25.4 Å². The predicted octanol–water partition coefficient (Wildman–Crippen LogP) is 2.78. The fraction of sp³-hybridized carbons (Fsp3) is 0.333. The molecule has 4 rings (SSSR count). The maximum absolute atomic E-state index is 12.8. The zero-order valence-corrected chi connectivity index (χ0v) is 13.6. The van der Waals surface area contributed by atoms with Crippen LogP contribution in [0.3, 0.4) is 0 Å². The summed E-state index contributed by atoms with van der Waals surface area (Å²) in [6.45, 7) is 2.60. The lowest BCUT2D eigenvalue weighted by atomic mass is 10.1. The molecule has 0 spiro atoms. The van der Waals surface area contributed by atoms with Gasteiger partial charge in [0.15, 0.2) is 0 Å². The van der Waals surface area contributed by atoms with Gasteiger partial charge in [0.2, 0.25) is 5.91 Å². The van der Waals surface area contributed by atoms with Gasteiger partial charge in [0.25, 0.3) is 0 Å². The molecular formula is C18H17N3OS. The van der Waals surface area contributed by atoms with Gasteiger partial charge >= 0.3 is 0 Å². The molecule has 0 saturated carbocycles. The number of thiophene rings is 1. The Kier molecular flexibility index (Phi) is 3.64. The van der Waals surface area contributed by atoms with E-state index in [0.717, 1.165) is 38.2 Å². The topological polar surface area (TPSA) is 47.3 Å². The molecule has 2 aliphatic heterocycles. The molecule has 3 heterocycles. The van der Waals surface area contributed by atoms with E-state index in [4.69, 9.17) is 5.26 Å². The van der Waals surface area contributed by atoms with Crippen LogP contribution < -0.4 is 4.90 Å². The largest absolute Gasteiger partial charge is 0.311 e. The fourth-order valence-corrected chi connectivity index (χ4v) is 4.40. The lowest BCUT2D eigenvalue weighted by Gasteiger charge is -2.31. The Hall–Kier alpha value is -2.16. The first-order valence-electron chi connectivity index (χ1n) is 7.87. The molecule has 1 fully saturated rings. The molecule has 1 aromatic heterocycles. The standard InChI is InChI=1S/C18H17N3OS/c19-11-13-1-3-15(4-2-13)21-9-5-16(18(21)22)20-8-6-17-14(12-20)7-10-23-17/h1-4,7,10,16H,5-6,8-9,12H2/t16-/m0/s1. The third kappa shape index (κ3) is 2.54. The van der Waals surface area contributed by atoms with Crippen LogP contribution in [0.25, 0.3) is 0 Å². The number of amides is 1. The minimum Gasteiger partial charge on any atom is -0.311 e. The molecular weight excluding hydrogens is 306 g/mol. The molecule has 116 valence electrons. The zero-order chi connectivity index (χ0) is 15.8. The summed E-state index contributed by atoms with van der Waals surface area (Å²) < 4.78 is 0. The zero-order valence-electron chi connectivity index (χ0n) is 12.7. The number of hydrogen-bond donors (Lipinski definition) is 0. The first-order valence-corrected chi connectivity index (χ1v) is 8.75. The van der Waals surface area contributed by atoms with Gasteiger partial charge in [-0.25, -0.2) is 0 Å². The van der Waals surface area contributed by atoms with E-state index in [9.17, 15) is 4.79 Å². The molecule has 0 radical (unpaired) electrons. The minimum absolute atomic E-state index is 0.0151. The van der Waals surface area contributed by atoms with E-state index in [0.29, 0.717) is 5.56 Å². The fourth-order valence-electron chi connectivity index (χ4n) is 3.51. The molecule has 2 aliphatic rings. The summed E-state index contributed by atoms with van der Waals surface area (Å²) in [5, 5.41) is 11.0. The monoisotopic (exact) mass is 323 g/mol. The highest BCUT2D eigenvalue weighted by Crippen LogP contribution is 2.30. The van der Waals surface area contributed by atoms with Crippen molar-refractivity contribution in [2.24, 2.45) is 0 Å². The van der Waals surface area contributed by atoms with Crippen molar-refractivity contribution in [3.05, 3.63) is 51.7 Å². The normalized spacial score (nSPS) is 21.3. The molecule has 0 N–H and O–H groups in total. The number of benzene rings is 1. The molecule has 0 bridgehead atoms. The Morgan fingerprint density at radius 3 is 2.78 bits per heavy atom. The first kappa shape index (κ1) is 14.4. The SMILES string of the molecule is N#Cc1ccc(N2CC[C@H](N3CCc4sccc4C3)C2=O)cc1. The Balaban J connectivity index is 1.50. The van der Waals surface area contributed by atoms with E-state index in [2.05, 4.69) is 22.4 Å². The van der Waals surface area contributed by atoms with Crippen molar-refractivity contribution in [3.63, 3.8) is 0 Å². The highest BCUT2D eigenvalue weighted by molar-refractivity contribution is 7.10. The van der Waals surface area contributed by atoms with Crippen molar-refractivity contribution in [2.75, 3.05) is 18.0 Å². The number of fused-ring (bicyclic) bond motifs is 1. The lowest BCUT2D eigenvalue weighted by molar-refractivity contribution is -0.121. The second-order valence-electron chi connectivity index (χ2n) is 6.04. The average Bonchev–Trinajstić information content (AvgIpc) is 3.20. The number of carbonyl (C=O) groups is 1. The van der Waals surface area contributed by atoms with Crippen molar-refractivity contribution >= 4 is 22.9 Å². The van der Waals surface area contributed by atoms with Crippen LogP contribution in [0.2, 0.25) is 0 Å². The average molecular weight is 323 g/mol. The number of rotatable bonds is 2. The Morgan fingerprint density at radius 1 is 1.17 bits per heavy atom. The van der Waals surface area contributed by atoms with E-state index < -0.39 is 0 Å². The number of nitrogens with zero attached hydrogens (tertiary/aromatic N) is 3. The third-order valence-corrected chi connectivity index (χ3v) is 5.79. The van der Waals surface area contributed by atoms with Crippen LogP contribution in [0.15, 0.2) is 35.7 Å². The minimum atomic E-state index is -0.0151. The molecule has 5 heteroatoms. The summed E-state index contributed by atoms with van der Waals surface area (Å²) in [7, 11) is 0. The van der Waals surface area contributed by atoms with Gasteiger partial charge in [0, 0.05) is 30.2 Å². The second kappa shape index (κ2) is 5.80. The number of anilines is 1. The molecule has 1 atom stereocenters. The maximum atomic E-state index is 12.8. The van der Waals surface area contributed by atoms with Gasteiger partial charge in [-0.15, -0.1) is 11.3 Å². The van der Waals surface area contributed by atoms with Crippen molar-refractivity contribution in [1.82, 2.24) is 4.90 Å². The summed E-state index contributed by atoms with van der Waals surface area (Å²) in [5.41, 5.74) is 2.90. The smallest absolute Gasteiger partial charge is 0.244 e. The van der Waals surface area contributed by atoms with Crippen LogP contribution in [-0.2, 0) is 17.8 Å². The molecule has 2 aromatic rings. The highest BCUT2D eigenvalue weighted by Gasteiger charge is 2.37. The van der Waals surface area contributed by atoms with Crippen molar-refractivity contribution in [1.29, 1.82) is 5.26 Å². The van der Waals surface area contributed by atoms with Gasteiger partial charge in [-0.05, 0) is 54.1 Å². The Bertz CT molecular complexity index is 774. The lowest BCUT2D eigenvalue weighted by Crippen LogP contribution is -2.44. The molecule has 4 nitrogen and oxygen atoms in total. The quantitative estimate of drug-likeness (QED) is 0.854. The summed E-state index contributed by atoms with van der Waals surface area (Å²) in [5.74, 6) is 0.188. The molecule has 1 amide bonds. The summed E-state index contributed by atoms with van der Waals surface area (Å²) in [6.07, 6.45) is 1.92. The van der Waals surface area contributed by atoms with Gasteiger partial charge in [0.1, 0.15) is 0 Å². The third-order valence-electron chi connectivity index (χ3n) is 4.76. The van der Waals surface area contributed by atoms with Gasteiger partial charge in [-0.1, -0.05) is 0 Å². The molecule has 0 unspecified atom stereocenters. The molecule has 0 aliphatic carbocycles. The highest BCUT2D eigenvalue weighted by atomic mass is 32.1.